The number of Topliss-reactive ketones (excluding diaryl/α,β-unsaturated/α-hetero) is 1. The Morgan fingerprint density at radius 1 is 0.902 bits per heavy atom. The molecule has 1 N–H and O–H groups in total. The lowest BCUT2D eigenvalue weighted by Gasteiger charge is -2.26. The van der Waals surface area contributed by atoms with E-state index in [9.17, 15) is 14.7 Å². The molecule has 0 saturated carbocycles. The molecule has 1 saturated heterocycles. The fourth-order valence-corrected chi connectivity index (χ4v) is 4.98. The van der Waals surface area contributed by atoms with E-state index in [0.29, 0.717) is 40.5 Å². The fraction of sp³-hybridized carbons (Fsp3) is 0.182. The zero-order valence-corrected chi connectivity index (χ0v) is 23.0. The monoisotopic (exact) mass is 550 g/mol. The van der Waals surface area contributed by atoms with Crippen molar-refractivity contribution in [3.05, 3.63) is 125 Å². The molecule has 0 radical (unpaired) electrons. The van der Waals surface area contributed by atoms with Crippen LogP contribution < -0.4 is 14.2 Å². The van der Waals surface area contributed by atoms with Crippen LogP contribution in [0.4, 0.5) is 0 Å². The predicted molar refractivity (Wildman–Crippen MR) is 154 cm³/mol. The lowest BCUT2D eigenvalue weighted by atomic mass is 9.93. The largest absolute Gasteiger partial charge is 0.507 e. The van der Waals surface area contributed by atoms with Gasteiger partial charge in [-0.15, -0.1) is 0 Å². The molecule has 4 aromatic rings. The Labute approximate surface area is 238 Å². The van der Waals surface area contributed by atoms with Crippen LogP contribution in [0.3, 0.4) is 0 Å². The molecule has 0 bridgehead atoms. The van der Waals surface area contributed by atoms with Crippen molar-refractivity contribution in [3.63, 3.8) is 0 Å². The van der Waals surface area contributed by atoms with Crippen molar-refractivity contribution in [2.24, 2.45) is 0 Å². The quantitative estimate of drug-likeness (QED) is 0.164. The molecular formula is C33H30N2O6. The number of ether oxygens (including phenoxy) is 3. The number of hydrogen-bond donors (Lipinski definition) is 1. The van der Waals surface area contributed by atoms with Crippen molar-refractivity contribution >= 4 is 17.4 Å². The SMILES string of the molecule is COc1ccc([C@@H]2C(=C(O)c3ccc(OCc4ccccc4)cc3C)C(=O)C(=O)N2Cc2cccnc2)cc1OC. The summed E-state index contributed by atoms with van der Waals surface area (Å²) in [6.45, 7) is 2.34. The van der Waals surface area contributed by atoms with Crippen molar-refractivity contribution in [3.8, 4) is 17.2 Å². The van der Waals surface area contributed by atoms with Gasteiger partial charge in [0.05, 0.1) is 25.8 Å². The highest BCUT2D eigenvalue weighted by molar-refractivity contribution is 6.46. The molecule has 1 atom stereocenters. The lowest BCUT2D eigenvalue weighted by molar-refractivity contribution is -0.140. The number of amides is 1. The first-order valence-electron chi connectivity index (χ1n) is 13.1. The Morgan fingerprint density at radius 3 is 2.34 bits per heavy atom. The van der Waals surface area contributed by atoms with Gasteiger partial charge in [-0.25, -0.2) is 0 Å². The number of hydrogen-bond acceptors (Lipinski definition) is 7. The van der Waals surface area contributed by atoms with Gasteiger partial charge in [-0.3, -0.25) is 14.6 Å². The predicted octanol–water partition coefficient (Wildman–Crippen LogP) is 5.61. The van der Waals surface area contributed by atoms with Crippen LogP contribution in [0, 0.1) is 6.92 Å². The van der Waals surface area contributed by atoms with E-state index < -0.39 is 17.7 Å². The number of aryl methyl sites for hydroxylation is 1. The molecule has 5 rings (SSSR count). The van der Waals surface area contributed by atoms with E-state index in [1.54, 1.807) is 54.9 Å². The normalized spacial score (nSPS) is 16.1. The summed E-state index contributed by atoms with van der Waals surface area (Å²) in [6, 6.07) is 22.9. The minimum atomic E-state index is -0.872. The third-order valence-electron chi connectivity index (χ3n) is 7.04. The maximum Gasteiger partial charge on any atom is 0.295 e. The summed E-state index contributed by atoms with van der Waals surface area (Å²) in [4.78, 5) is 32.5. The van der Waals surface area contributed by atoms with E-state index in [2.05, 4.69) is 4.98 Å². The molecule has 1 aromatic heterocycles. The number of pyridine rings is 1. The summed E-state index contributed by atoms with van der Waals surface area (Å²) in [7, 11) is 3.04. The summed E-state index contributed by atoms with van der Waals surface area (Å²) in [5.41, 5.74) is 3.48. The van der Waals surface area contributed by atoms with E-state index in [0.717, 1.165) is 11.1 Å². The van der Waals surface area contributed by atoms with Gasteiger partial charge >= 0.3 is 0 Å². The molecule has 1 aliphatic rings. The minimum Gasteiger partial charge on any atom is -0.507 e. The van der Waals surface area contributed by atoms with Crippen molar-refractivity contribution in [1.82, 2.24) is 9.88 Å². The van der Waals surface area contributed by atoms with Gasteiger partial charge in [0, 0.05) is 24.5 Å². The number of rotatable bonds is 9. The molecule has 8 heteroatoms. The van der Waals surface area contributed by atoms with Crippen molar-refractivity contribution in [1.29, 1.82) is 0 Å². The summed E-state index contributed by atoms with van der Waals surface area (Å²) < 4.78 is 16.8. The van der Waals surface area contributed by atoms with Gasteiger partial charge in [0.2, 0.25) is 0 Å². The zero-order valence-electron chi connectivity index (χ0n) is 23.0. The standard InChI is InChI=1S/C33H30N2O6/c1-21-16-25(41-20-22-8-5-4-6-9-22)12-13-26(21)31(36)29-30(24-11-14-27(39-2)28(17-24)40-3)35(33(38)32(29)37)19-23-10-7-15-34-18-23/h4-18,30,36H,19-20H2,1-3H3/t30-/m1/s1. The molecule has 0 aliphatic carbocycles. The number of methoxy groups -OCH3 is 2. The van der Waals surface area contributed by atoms with E-state index in [1.807, 2.05) is 43.3 Å². The van der Waals surface area contributed by atoms with Crippen molar-refractivity contribution in [2.45, 2.75) is 26.1 Å². The van der Waals surface area contributed by atoms with Crippen LogP contribution in [0.25, 0.3) is 5.76 Å². The second kappa shape index (κ2) is 12.0. The van der Waals surface area contributed by atoms with Crippen LogP contribution in [0.15, 0.2) is 96.8 Å². The number of likely N-dealkylation sites (tertiary alicyclic amines) is 1. The Kier molecular flexibility index (Phi) is 8.01. The highest BCUT2D eigenvalue weighted by Gasteiger charge is 2.46. The summed E-state index contributed by atoms with van der Waals surface area (Å²) in [6.07, 6.45) is 3.28. The van der Waals surface area contributed by atoms with Crippen LogP contribution in [0.1, 0.15) is 33.9 Å². The molecule has 0 spiro atoms. The fourth-order valence-electron chi connectivity index (χ4n) is 4.98. The molecule has 2 heterocycles. The number of aliphatic hydroxyl groups excluding tert-OH is 1. The maximum atomic E-state index is 13.5. The van der Waals surface area contributed by atoms with Crippen LogP contribution in [0.2, 0.25) is 0 Å². The number of aliphatic hydroxyl groups is 1. The zero-order chi connectivity index (χ0) is 28.9. The van der Waals surface area contributed by atoms with Gasteiger partial charge in [0.25, 0.3) is 11.7 Å². The average molecular weight is 551 g/mol. The molecular weight excluding hydrogens is 520 g/mol. The molecule has 208 valence electrons. The van der Waals surface area contributed by atoms with Crippen molar-refractivity contribution in [2.75, 3.05) is 14.2 Å². The minimum absolute atomic E-state index is 0.00726. The van der Waals surface area contributed by atoms with E-state index in [1.165, 1.54) is 19.1 Å². The summed E-state index contributed by atoms with van der Waals surface area (Å²) in [5, 5.41) is 11.6. The first-order valence-corrected chi connectivity index (χ1v) is 13.1. The topological polar surface area (TPSA) is 98.2 Å². The maximum absolute atomic E-state index is 13.5. The third-order valence-corrected chi connectivity index (χ3v) is 7.04. The van der Waals surface area contributed by atoms with Gasteiger partial charge in [0.1, 0.15) is 18.1 Å². The number of carbonyl (C=O) groups excluding carboxylic acids is 2. The van der Waals surface area contributed by atoms with Gasteiger partial charge in [-0.2, -0.15) is 0 Å². The molecule has 8 nitrogen and oxygen atoms in total. The Morgan fingerprint density at radius 2 is 1.66 bits per heavy atom. The van der Waals surface area contributed by atoms with Gasteiger partial charge in [-0.1, -0.05) is 42.5 Å². The third kappa shape index (κ3) is 5.63. The van der Waals surface area contributed by atoms with Crippen LogP contribution in [-0.2, 0) is 22.7 Å². The van der Waals surface area contributed by atoms with Crippen LogP contribution in [-0.4, -0.2) is 40.9 Å². The van der Waals surface area contributed by atoms with Crippen LogP contribution in [0.5, 0.6) is 17.2 Å². The number of aromatic nitrogens is 1. The van der Waals surface area contributed by atoms with Crippen LogP contribution >= 0.6 is 0 Å². The second-order valence-electron chi connectivity index (χ2n) is 9.65. The van der Waals surface area contributed by atoms with E-state index >= 15 is 0 Å². The van der Waals surface area contributed by atoms with E-state index in [4.69, 9.17) is 14.2 Å². The Bertz CT molecular complexity index is 1600. The highest BCUT2D eigenvalue weighted by atomic mass is 16.5. The Balaban J connectivity index is 1.56. The number of nitrogens with zero attached hydrogens (tertiary/aromatic N) is 2. The molecule has 1 fully saturated rings. The number of benzene rings is 3. The van der Waals surface area contributed by atoms with Gasteiger partial charge < -0.3 is 24.2 Å². The van der Waals surface area contributed by atoms with Gasteiger partial charge in [-0.05, 0) is 65.6 Å². The second-order valence-corrected chi connectivity index (χ2v) is 9.65. The smallest absolute Gasteiger partial charge is 0.295 e. The highest BCUT2D eigenvalue weighted by Crippen LogP contribution is 2.43. The lowest BCUT2D eigenvalue weighted by Crippen LogP contribution is -2.29. The Hall–Kier alpha value is -5.11. The average Bonchev–Trinajstić information content (AvgIpc) is 3.25. The summed E-state index contributed by atoms with van der Waals surface area (Å²) in [5.74, 6) is -0.179. The number of carbonyl (C=O) groups is 2. The molecule has 1 aliphatic heterocycles. The first kappa shape index (κ1) is 27.5. The van der Waals surface area contributed by atoms with Gasteiger partial charge in [0.15, 0.2) is 11.5 Å². The summed E-state index contributed by atoms with van der Waals surface area (Å²) >= 11 is 0. The van der Waals surface area contributed by atoms with Crippen molar-refractivity contribution < 1.29 is 28.9 Å². The molecule has 0 unspecified atom stereocenters. The van der Waals surface area contributed by atoms with E-state index in [-0.39, 0.29) is 17.9 Å². The number of ketones is 1. The molecule has 3 aromatic carbocycles. The molecule has 41 heavy (non-hydrogen) atoms. The molecule has 1 amide bonds. The first-order chi connectivity index (χ1) is 19.9.